The average Bonchev–Trinajstić information content (AvgIpc) is 2.66. The number of halogens is 2. The van der Waals surface area contributed by atoms with E-state index in [-0.39, 0.29) is 40.7 Å². The Labute approximate surface area is 133 Å². The van der Waals surface area contributed by atoms with Gasteiger partial charge in [0.1, 0.15) is 0 Å². The second-order valence-corrected chi connectivity index (χ2v) is 8.35. The Morgan fingerprint density at radius 1 is 1.48 bits per heavy atom. The van der Waals surface area contributed by atoms with Gasteiger partial charge in [-0.1, -0.05) is 0 Å². The maximum absolute atomic E-state index is 11.9. The van der Waals surface area contributed by atoms with Crippen molar-refractivity contribution in [1.29, 1.82) is 0 Å². The maximum Gasteiger partial charge on any atom is 0.283 e. The van der Waals surface area contributed by atoms with Gasteiger partial charge in [-0.3, -0.25) is 14.9 Å². The first kappa shape index (κ1) is 16.2. The molecular weight excluding hydrogens is 388 g/mol. The van der Waals surface area contributed by atoms with Gasteiger partial charge in [0, 0.05) is 41.3 Å². The van der Waals surface area contributed by atoms with Crippen LogP contribution in [0.2, 0.25) is 0 Å². The minimum Gasteiger partial charge on any atom is -0.312 e. The molecular formula is C11H10BrClN2O5S. The van der Waals surface area contributed by atoms with Crippen LogP contribution in [0.3, 0.4) is 0 Å². The van der Waals surface area contributed by atoms with E-state index in [1.165, 1.54) is 23.1 Å². The second-order valence-electron chi connectivity index (χ2n) is 4.67. The van der Waals surface area contributed by atoms with E-state index in [1.807, 2.05) is 0 Å². The third kappa shape index (κ3) is 3.92. The van der Waals surface area contributed by atoms with E-state index in [9.17, 15) is 23.3 Å². The Morgan fingerprint density at radius 3 is 2.67 bits per heavy atom. The molecule has 0 N–H and O–H groups in total. The zero-order valence-electron chi connectivity index (χ0n) is 10.5. The number of carbonyl (C=O) groups is 1. The zero-order valence-corrected chi connectivity index (χ0v) is 13.7. The number of nitrogens with zero attached hydrogens (tertiary/aromatic N) is 2. The fourth-order valence-corrected chi connectivity index (χ4v) is 4.07. The molecule has 1 fully saturated rings. The number of carbonyl (C=O) groups excluding carboxylic acids is 1. The quantitative estimate of drug-likeness (QED) is 0.441. The molecule has 10 heteroatoms. The largest absolute Gasteiger partial charge is 0.312 e. The Kier molecular flexibility index (Phi) is 4.54. The summed E-state index contributed by atoms with van der Waals surface area (Å²) >= 11 is 3.08. The minimum absolute atomic E-state index is 0.0839. The van der Waals surface area contributed by atoms with Crippen molar-refractivity contribution in [3.8, 4) is 0 Å². The topological polar surface area (TPSA) is 97.6 Å². The Balaban J connectivity index is 2.21. The molecule has 0 saturated carbocycles. The lowest BCUT2D eigenvalue weighted by molar-refractivity contribution is -0.385. The molecule has 1 aromatic carbocycles. The van der Waals surface area contributed by atoms with Gasteiger partial charge in [0.25, 0.3) is 5.69 Å². The van der Waals surface area contributed by atoms with Gasteiger partial charge in [-0.05, 0) is 28.1 Å². The number of rotatable bonds is 4. The molecule has 114 valence electrons. The highest BCUT2D eigenvalue weighted by Crippen LogP contribution is 2.32. The van der Waals surface area contributed by atoms with Crippen LogP contribution in [0, 0.1) is 16.0 Å². The lowest BCUT2D eigenvalue weighted by atomic mass is 10.1. The summed E-state index contributed by atoms with van der Waals surface area (Å²) in [7, 11) is 1.53. The lowest BCUT2D eigenvalue weighted by Crippen LogP contribution is -2.25. The smallest absolute Gasteiger partial charge is 0.283 e. The number of hydrogen-bond acceptors (Lipinski definition) is 5. The summed E-state index contributed by atoms with van der Waals surface area (Å²) in [6, 6.07) is 4.21. The first-order chi connectivity index (χ1) is 9.67. The highest BCUT2D eigenvalue weighted by molar-refractivity contribution is 9.10. The predicted octanol–water partition coefficient (Wildman–Crippen LogP) is 2.28. The average molecular weight is 398 g/mol. The fourth-order valence-electron chi connectivity index (χ4n) is 2.24. The number of anilines is 1. The number of nitro benzene ring substituents is 1. The standard InChI is InChI=1S/C11H10BrClN2O5S/c12-9-4-8(1-2-10(9)15(17)18)14-5-7(3-11(14)16)6-21(13,19)20/h1-2,4,7H,3,5-6H2. The van der Waals surface area contributed by atoms with Crippen molar-refractivity contribution in [2.45, 2.75) is 6.42 Å². The normalized spacial score (nSPS) is 19.0. The molecule has 1 aliphatic rings. The monoisotopic (exact) mass is 396 g/mol. The Hall–Kier alpha value is -1.19. The van der Waals surface area contributed by atoms with Crippen LogP contribution in [0.15, 0.2) is 22.7 Å². The van der Waals surface area contributed by atoms with Crippen LogP contribution in [-0.2, 0) is 13.8 Å². The molecule has 2 rings (SSSR count). The van der Waals surface area contributed by atoms with Crippen LogP contribution in [0.5, 0.6) is 0 Å². The third-order valence-electron chi connectivity index (χ3n) is 3.08. The van der Waals surface area contributed by atoms with Crippen LogP contribution >= 0.6 is 26.6 Å². The first-order valence-corrected chi connectivity index (χ1v) is 9.11. The van der Waals surface area contributed by atoms with Crippen molar-refractivity contribution < 1.29 is 18.1 Å². The molecule has 1 atom stereocenters. The molecule has 1 aromatic rings. The van der Waals surface area contributed by atoms with Crippen molar-refractivity contribution in [2.75, 3.05) is 17.2 Å². The predicted molar refractivity (Wildman–Crippen MR) is 80.9 cm³/mol. The van der Waals surface area contributed by atoms with Gasteiger partial charge in [-0.2, -0.15) is 0 Å². The van der Waals surface area contributed by atoms with E-state index in [0.717, 1.165) is 0 Å². The highest BCUT2D eigenvalue weighted by atomic mass is 79.9. The number of hydrogen-bond donors (Lipinski definition) is 0. The van der Waals surface area contributed by atoms with Crippen LogP contribution in [0.1, 0.15) is 6.42 Å². The summed E-state index contributed by atoms with van der Waals surface area (Å²) < 4.78 is 22.4. The third-order valence-corrected chi connectivity index (χ3v) is 4.96. The van der Waals surface area contributed by atoms with Gasteiger partial charge in [-0.25, -0.2) is 8.42 Å². The first-order valence-electron chi connectivity index (χ1n) is 5.84. The van der Waals surface area contributed by atoms with E-state index in [1.54, 1.807) is 0 Å². The number of benzene rings is 1. The highest BCUT2D eigenvalue weighted by Gasteiger charge is 2.33. The summed E-state index contributed by atoms with van der Waals surface area (Å²) in [6.45, 7) is 0.217. The molecule has 1 saturated heterocycles. The van der Waals surface area contributed by atoms with Gasteiger partial charge >= 0.3 is 0 Å². The summed E-state index contributed by atoms with van der Waals surface area (Å²) in [5.41, 5.74) is 0.372. The van der Waals surface area contributed by atoms with Crippen molar-refractivity contribution in [3.05, 3.63) is 32.8 Å². The van der Waals surface area contributed by atoms with E-state index in [4.69, 9.17) is 10.7 Å². The molecule has 0 aromatic heterocycles. The van der Waals surface area contributed by atoms with Crippen LogP contribution in [0.4, 0.5) is 11.4 Å². The summed E-state index contributed by atoms with van der Waals surface area (Å²) in [5, 5.41) is 10.7. The summed E-state index contributed by atoms with van der Waals surface area (Å²) in [4.78, 5) is 23.5. The molecule has 0 radical (unpaired) electrons. The van der Waals surface area contributed by atoms with E-state index in [2.05, 4.69) is 15.9 Å². The molecule has 0 aliphatic carbocycles. The van der Waals surface area contributed by atoms with Gasteiger partial charge in [0.2, 0.25) is 15.0 Å². The minimum atomic E-state index is -3.67. The van der Waals surface area contributed by atoms with Crippen molar-refractivity contribution >= 4 is 52.9 Å². The van der Waals surface area contributed by atoms with Crippen molar-refractivity contribution in [1.82, 2.24) is 0 Å². The zero-order chi connectivity index (χ0) is 15.8. The van der Waals surface area contributed by atoms with Gasteiger partial charge in [0.15, 0.2) is 0 Å². The molecule has 1 amide bonds. The SMILES string of the molecule is O=C1CC(CS(=O)(=O)Cl)CN1c1ccc([N+](=O)[O-])c(Br)c1. The number of amides is 1. The lowest BCUT2D eigenvalue weighted by Gasteiger charge is -2.16. The van der Waals surface area contributed by atoms with Crippen molar-refractivity contribution in [3.63, 3.8) is 0 Å². The molecule has 1 heterocycles. The molecule has 0 bridgehead atoms. The molecule has 0 spiro atoms. The Bertz CT molecular complexity index is 709. The summed E-state index contributed by atoms with van der Waals surface area (Å²) in [6.07, 6.45) is 0.0839. The van der Waals surface area contributed by atoms with Crippen LogP contribution in [0.25, 0.3) is 0 Å². The van der Waals surface area contributed by atoms with Crippen LogP contribution in [-0.4, -0.2) is 31.5 Å². The fraction of sp³-hybridized carbons (Fsp3) is 0.364. The van der Waals surface area contributed by atoms with E-state index in [0.29, 0.717) is 5.69 Å². The number of nitro groups is 1. The van der Waals surface area contributed by atoms with Crippen molar-refractivity contribution in [2.24, 2.45) is 5.92 Å². The van der Waals surface area contributed by atoms with Crippen LogP contribution < -0.4 is 4.90 Å². The second kappa shape index (κ2) is 5.90. The van der Waals surface area contributed by atoms with Gasteiger partial charge in [-0.15, -0.1) is 0 Å². The van der Waals surface area contributed by atoms with E-state index < -0.39 is 14.0 Å². The molecule has 21 heavy (non-hydrogen) atoms. The van der Waals surface area contributed by atoms with E-state index >= 15 is 0 Å². The van der Waals surface area contributed by atoms with Gasteiger partial charge in [0.05, 0.1) is 15.1 Å². The molecule has 1 unspecified atom stereocenters. The molecule has 7 nitrogen and oxygen atoms in total. The maximum atomic E-state index is 11.9. The Morgan fingerprint density at radius 2 is 2.14 bits per heavy atom. The van der Waals surface area contributed by atoms with Gasteiger partial charge < -0.3 is 4.90 Å². The summed E-state index contributed by atoms with van der Waals surface area (Å²) in [5.74, 6) is -0.889. The molecule has 1 aliphatic heterocycles.